The lowest BCUT2D eigenvalue weighted by molar-refractivity contribution is -0.133. The molecule has 1 fully saturated rings. The fraction of sp³-hybridized carbons (Fsp3) is 0.471. The number of carbonyl (C=O) groups is 3. The number of Topliss-reactive ketones (excluding diaryl/α,β-unsaturated/α-hetero) is 1. The zero-order valence-corrected chi connectivity index (χ0v) is 13.3. The maximum atomic E-state index is 12.6. The van der Waals surface area contributed by atoms with Crippen molar-refractivity contribution in [2.45, 2.75) is 26.7 Å². The van der Waals surface area contributed by atoms with Crippen molar-refractivity contribution in [3.63, 3.8) is 0 Å². The molecule has 0 spiro atoms. The molecule has 0 aliphatic carbocycles. The van der Waals surface area contributed by atoms with Crippen LogP contribution in [0.15, 0.2) is 24.3 Å². The van der Waals surface area contributed by atoms with E-state index in [-0.39, 0.29) is 23.5 Å². The van der Waals surface area contributed by atoms with Crippen LogP contribution in [-0.4, -0.2) is 42.6 Å². The number of hydrogen-bond donors (Lipinski definition) is 0. The fourth-order valence-corrected chi connectivity index (χ4v) is 2.78. The van der Waals surface area contributed by atoms with Gasteiger partial charge in [0, 0.05) is 44.2 Å². The molecular weight excluding hydrogens is 280 g/mol. The zero-order chi connectivity index (χ0) is 16.3. The van der Waals surface area contributed by atoms with E-state index in [4.69, 9.17) is 0 Å². The Hall–Kier alpha value is -2.17. The number of carbonyl (C=O) groups excluding carboxylic acids is 3. The van der Waals surface area contributed by atoms with Gasteiger partial charge in [-0.05, 0) is 31.9 Å². The van der Waals surface area contributed by atoms with Crippen LogP contribution in [0.1, 0.15) is 37.0 Å². The average molecular weight is 302 g/mol. The van der Waals surface area contributed by atoms with Crippen molar-refractivity contribution in [2.24, 2.45) is 5.92 Å². The first kappa shape index (κ1) is 16.2. The van der Waals surface area contributed by atoms with Gasteiger partial charge < -0.3 is 9.80 Å². The number of anilines is 1. The van der Waals surface area contributed by atoms with Crippen LogP contribution in [0.2, 0.25) is 0 Å². The van der Waals surface area contributed by atoms with Crippen LogP contribution in [0.4, 0.5) is 5.69 Å². The topological polar surface area (TPSA) is 57.7 Å². The monoisotopic (exact) mass is 302 g/mol. The van der Waals surface area contributed by atoms with Gasteiger partial charge in [0.25, 0.3) is 0 Å². The van der Waals surface area contributed by atoms with Crippen molar-refractivity contribution < 1.29 is 14.4 Å². The van der Waals surface area contributed by atoms with Crippen LogP contribution in [0.5, 0.6) is 0 Å². The zero-order valence-electron chi connectivity index (χ0n) is 13.3. The Bertz CT molecular complexity index is 589. The van der Waals surface area contributed by atoms with E-state index >= 15 is 0 Å². The largest absolute Gasteiger partial charge is 0.343 e. The van der Waals surface area contributed by atoms with Crippen molar-refractivity contribution in [2.75, 3.05) is 25.0 Å². The first-order valence-corrected chi connectivity index (χ1v) is 7.54. The van der Waals surface area contributed by atoms with E-state index in [1.807, 2.05) is 6.07 Å². The number of nitrogens with zero attached hydrogens (tertiary/aromatic N) is 2. The highest BCUT2D eigenvalue weighted by Crippen LogP contribution is 2.23. The predicted molar refractivity (Wildman–Crippen MR) is 84.8 cm³/mol. The molecular formula is C17H22N2O3. The second-order valence-electron chi connectivity index (χ2n) is 5.78. The molecule has 118 valence electrons. The maximum Gasteiger partial charge on any atom is 0.229 e. The highest BCUT2D eigenvalue weighted by molar-refractivity contribution is 5.98. The molecule has 1 aromatic rings. The van der Waals surface area contributed by atoms with Crippen LogP contribution < -0.4 is 4.90 Å². The number of ketones is 1. The van der Waals surface area contributed by atoms with E-state index in [2.05, 4.69) is 0 Å². The van der Waals surface area contributed by atoms with Gasteiger partial charge in [-0.15, -0.1) is 0 Å². The molecule has 1 aliphatic heterocycles. The van der Waals surface area contributed by atoms with Gasteiger partial charge >= 0.3 is 0 Å². The molecule has 5 nitrogen and oxygen atoms in total. The molecule has 1 heterocycles. The van der Waals surface area contributed by atoms with Crippen molar-refractivity contribution >= 4 is 23.3 Å². The highest BCUT2D eigenvalue weighted by atomic mass is 16.2. The summed E-state index contributed by atoms with van der Waals surface area (Å²) in [5.41, 5.74) is 1.33. The molecule has 0 radical (unpaired) electrons. The molecule has 1 aromatic carbocycles. The summed E-state index contributed by atoms with van der Waals surface area (Å²) in [5, 5.41) is 0. The Labute approximate surface area is 130 Å². The molecule has 0 N–H and O–H groups in total. The molecule has 0 aromatic heterocycles. The van der Waals surface area contributed by atoms with Crippen molar-refractivity contribution in [3.05, 3.63) is 29.8 Å². The molecule has 0 saturated carbocycles. The Morgan fingerprint density at radius 2 is 1.77 bits per heavy atom. The normalized spacial score (nSPS) is 15.5. The summed E-state index contributed by atoms with van der Waals surface area (Å²) in [5.74, 6) is 0.0244. The minimum absolute atomic E-state index is 0.0162. The van der Waals surface area contributed by atoms with Crippen molar-refractivity contribution in [1.29, 1.82) is 0 Å². The number of amides is 2. The van der Waals surface area contributed by atoms with Crippen LogP contribution >= 0.6 is 0 Å². The number of likely N-dealkylation sites (tertiary alicyclic amines) is 1. The molecule has 5 heteroatoms. The van der Waals surface area contributed by atoms with Crippen LogP contribution in [-0.2, 0) is 9.59 Å². The number of rotatable bonds is 3. The maximum absolute atomic E-state index is 12.6. The number of benzene rings is 1. The fourth-order valence-electron chi connectivity index (χ4n) is 2.78. The summed E-state index contributed by atoms with van der Waals surface area (Å²) in [6.07, 6.45) is 1.38. The standard InChI is InChI=1S/C17H22N2O3/c1-12(20)15-5-4-6-16(11-15)18(3)17(22)14-7-9-19(10-8-14)13(2)21/h4-6,11,14H,7-10H2,1-3H3. The Morgan fingerprint density at radius 1 is 1.14 bits per heavy atom. The third-order valence-corrected chi connectivity index (χ3v) is 4.26. The number of hydrogen-bond acceptors (Lipinski definition) is 3. The summed E-state index contributed by atoms with van der Waals surface area (Å²) in [4.78, 5) is 38.8. The van der Waals surface area contributed by atoms with Gasteiger partial charge in [-0.3, -0.25) is 14.4 Å². The summed E-state index contributed by atoms with van der Waals surface area (Å²) in [7, 11) is 1.74. The molecule has 1 aliphatic rings. The van der Waals surface area contributed by atoms with Gasteiger partial charge in [0.15, 0.2) is 5.78 Å². The van der Waals surface area contributed by atoms with Gasteiger partial charge in [-0.25, -0.2) is 0 Å². The summed E-state index contributed by atoms with van der Waals surface area (Å²) in [6.45, 7) is 4.33. The first-order valence-electron chi connectivity index (χ1n) is 7.54. The van der Waals surface area contributed by atoms with Gasteiger partial charge in [-0.1, -0.05) is 12.1 Å². The Kier molecular flexibility index (Phi) is 4.96. The van der Waals surface area contributed by atoms with Gasteiger partial charge in [0.2, 0.25) is 11.8 Å². The SMILES string of the molecule is CC(=O)c1cccc(N(C)C(=O)C2CCN(C(C)=O)CC2)c1. The Morgan fingerprint density at radius 3 is 2.32 bits per heavy atom. The molecule has 1 saturated heterocycles. The Balaban J connectivity index is 2.05. The van der Waals surface area contributed by atoms with Gasteiger partial charge in [0.1, 0.15) is 0 Å². The molecule has 0 atom stereocenters. The van der Waals surface area contributed by atoms with E-state index in [1.165, 1.54) is 6.92 Å². The quantitative estimate of drug-likeness (QED) is 0.804. The second-order valence-corrected chi connectivity index (χ2v) is 5.78. The molecule has 0 unspecified atom stereocenters. The molecule has 2 amide bonds. The predicted octanol–water partition coefficient (Wildman–Crippen LogP) is 2.11. The lowest BCUT2D eigenvalue weighted by Crippen LogP contribution is -2.42. The van der Waals surface area contributed by atoms with Gasteiger partial charge in [-0.2, -0.15) is 0 Å². The highest BCUT2D eigenvalue weighted by Gasteiger charge is 2.28. The van der Waals surface area contributed by atoms with Crippen LogP contribution in [0.25, 0.3) is 0 Å². The third kappa shape index (κ3) is 3.53. The van der Waals surface area contributed by atoms with E-state index in [0.29, 0.717) is 31.5 Å². The summed E-state index contributed by atoms with van der Waals surface area (Å²) < 4.78 is 0. The molecule has 0 bridgehead atoms. The van der Waals surface area contributed by atoms with E-state index in [9.17, 15) is 14.4 Å². The minimum Gasteiger partial charge on any atom is -0.343 e. The van der Waals surface area contributed by atoms with E-state index in [1.54, 1.807) is 42.0 Å². The van der Waals surface area contributed by atoms with E-state index in [0.717, 1.165) is 5.69 Å². The van der Waals surface area contributed by atoms with Crippen LogP contribution in [0.3, 0.4) is 0 Å². The van der Waals surface area contributed by atoms with Crippen molar-refractivity contribution in [3.8, 4) is 0 Å². The minimum atomic E-state index is -0.0680. The molecule has 22 heavy (non-hydrogen) atoms. The number of piperidine rings is 1. The summed E-state index contributed by atoms with van der Waals surface area (Å²) in [6, 6.07) is 7.10. The van der Waals surface area contributed by atoms with Gasteiger partial charge in [0.05, 0.1) is 0 Å². The second kappa shape index (κ2) is 6.73. The smallest absolute Gasteiger partial charge is 0.229 e. The lowest BCUT2D eigenvalue weighted by atomic mass is 9.95. The molecule has 2 rings (SSSR count). The first-order chi connectivity index (χ1) is 10.4. The van der Waals surface area contributed by atoms with E-state index < -0.39 is 0 Å². The summed E-state index contributed by atoms with van der Waals surface area (Å²) >= 11 is 0. The lowest BCUT2D eigenvalue weighted by Gasteiger charge is -2.32. The van der Waals surface area contributed by atoms with Crippen LogP contribution in [0, 0.1) is 5.92 Å². The van der Waals surface area contributed by atoms with Crippen molar-refractivity contribution in [1.82, 2.24) is 4.90 Å². The third-order valence-electron chi connectivity index (χ3n) is 4.26. The average Bonchev–Trinajstić information content (AvgIpc) is 2.53.